The van der Waals surface area contributed by atoms with Crippen molar-refractivity contribution >= 4 is 5.69 Å². The smallest absolute Gasteiger partial charge is 0.108 e. The second kappa shape index (κ2) is 4.79. The van der Waals surface area contributed by atoms with Crippen molar-refractivity contribution in [3.05, 3.63) is 36.4 Å². The molecule has 1 atom stereocenters. The van der Waals surface area contributed by atoms with Crippen LogP contribution in [-0.2, 0) is 13.0 Å². The lowest BCUT2D eigenvalue weighted by Gasteiger charge is -2.27. The van der Waals surface area contributed by atoms with Gasteiger partial charge in [0.15, 0.2) is 0 Å². The fourth-order valence-electron chi connectivity index (χ4n) is 3.18. The van der Waals surface area contributed by atoms with E-state index in [0.717, 1.165) is 13.1 Å². The van der Waals surface area contributed by atoms with Gasteiger partial charge >= 0.3 is 0 Å². The third kappa shape index (κ3) is 2.24. The summed E-state index contributed by atoms with van der Waals surface area (Å²) < 4.78 is 0. The minimum atomic E-state index is 1.15. The van der Waals surface area contributed by atoms with Crippen molar-refractivity contribution in [2.45, 2.75) is 32.2 Å². The molecule has 2 aliphatic rings. The summed E-state index contributed by atoms with van der Waals surface area (Å²) in [7, 11) is 4.17. The first-order chi connectivity index (χ1) is 8.34. The van der Waals surface area contributed by atoms with E-state index >= 15 is 0 Å². The van der Waals surface area contributed by atoms with E-state index in [-0.39, 0.29) is 0 Å². The Kier molecular flexibility index (Phi) is 3.17. The Morgan fingerprint density at radius 2 is 2.00 bits per heavy atom. The van der Waals surface area contributed by atoms with Crippen molar-refractivity contribution in [2.24, 2.45) is 0 Å². The van der Waals surface area contributed by atoms with Crippen LogP contribution in [0, 0.1) is 7.05 Å². The van der Waals surface area contributed by atoms with Gasteiger partial charge in [-0.05, 0) is 37.6 Å². The van der Waals surface area contributed by atoms with Gasteiger partial charge in [-0.25, -0.2) is 0 Å². The van der Waals surface area contributed by atoms with Crippen LogP contribution in [0.5, 0.6) is 0 Å². The molecular formula is C15H22N2. The molecule has 0 amide bonds. The van der Waals surface area contributed by atoms with Crippen molar-refractivity contribution in [3.63, 3.8) is 0 Å². The summed E-state index contributed by atoms with van der Waals surface area (Å²) in [5, 5.41) is 0. The molecule has 0 spiro atoms. The summed E-state index contributed by atoms with van der Waals surface area (Å²) in [5.74, 6) is 0. The summed E-state index contributed by atoms with van der Waals surface area (Å²) in [6.07, 6.45) is 5.38. The molecule has 0 saturated carbocycles. The van der Waals surface area contributed by atoms with Gasteiger partial charge in [-0.3, -0.25) is 4.90 Å². The molecule has 3 rings (SSSR count). The standard InChI is InChI=1S/C15H22N2/c1-16-11-8-14-13(6-5-7-15(14)16)12-17-9-3-2-4-10-17/h5-7,16H,1-4,8-12H2. The Hall–Kier alpha value is -0.860. The van der Waals surface area contributed by atoms with E-state index in [1.807, 2.05) is 0 Å². The molecule has 2 heterocycles. The van der Waals surface area contributed by atoms with Crippen LogP contribution in [0.3, 0.4) is 0 Å². The molecule has 17 heavy (non-hydrogen) atoms. The van der Waals surface area contributed by atoms with E-state index in [0.29, 0.717) is 0 Å². The minimum absolute atomic E-state index is 1.15. The molecule has 2 aliphatic heterocycles. The number of rotatable bonds is 2. The molecule has 0 aliphatic carbocycles. The number of piperidine rings is 1. The molecule has 1 aromatic rings. The van der Waals surface area contributed by atoms with Crippen LogP contribution < -0.4 is 4.90 Å². The Labute approximate surface area is 104 Å². The first-order valence-electron chi connectivity index (χ1n) is 6.86. The second-order valence-corrected chi connectivity index (χ2v) is 5.38. The minimum Gasteiger partial charge on any atom is -0.434 e. The molecular weight excluding hydrogens is 208 g/mol. The van der Waals surface area contributed by atoms with Crippen molar-refractivity contribution in [2.75, 3.05) is 19.6 Å². The number of benzene rings is 1. The number of hydrogen-bond donors (Lipinski definition) is 1. The number of nitrogens with zero attached hydrogens (tertiary/aromatic N) is 1. The van der Waals surface area contributed by atoms with Gasteiger partial charge in [-0.2, -0.15) is 0 Å². The third-order valence-electron chi connectivity index (χ3n) is 4.17. The van der Waals surface area contributed by atoms with E-state index in [4.69, 9.17) is 0 Å². The van der Waals surface area contributed by atoms with Gasteiger partial charge in [0.2, 0.25) is 0 Å². The number of likely N-dealkylation sites (tertiary alicyclic amines) is 1. The molecule has 2 heteroatoms. The van der Waals surface area contributed by atoms with E-state index in [9.17, 15) is 0 Å². The lowest BCUT2D eigenvalue weighted by molar-refractivity contribution is -0.775. The van der Waals surface area contributed by atoms with Gasteiger partial charge < -0.3 is 4.90 Å². The van der Waals surface area contributed by atoms with Gasteiger partial charge in [0.05, 0.1) is 6.54 Å². The maximum atomic E-state index is 4.17. The predicted octanol–water partition coefficient (Wildman–Crippen LogP) is 1.54. The van der Waals surface area contributed by atoms with E-state index < -0.39 is 0 Å². The topological polar surface area (TPSA) is 7.68 Å². The first-order valence-corrected chi connectivity index (χ1v) is 6.86. The molecule has 0 aromatic heterocycles. The average Bonchev–Trinajstić information content (AvgIpc) is 2.74. The van der Waals surface area contributed by atoms with E-state index in [2.05, 4.69) is 30.1 Å². The Bertz CT molecular complexity index is 394. The Morgan fingerprint density at radius 3 is 2.82 bits per heavy atom. The van der Waals surface area contributed by atoms with Crippen LogP contribution >= 0.6 is 0 Å². The van der Waals surface area contributed by atoms with Gasteiger partial charge in [-0.1, -0.05) is 18.6 Å². The van der Waals surface area contributed by atoms with E-state index in [1.54, 1.807) is 11.1 Å². The highest BCUT2D eigenvalue weighted by Crippen LogP contribution is 2.23. The zero-order valence-corrected chi connectivity index (χ0v) is 10.5. The summed E-state index contributed by atoms with van der Waals surface area (Å²) in [4.78, 5) is 3.95. The Balaban J connectivity index is 1.79. The number of nitrogens with one attached hydrogen (secondary N) is 1. The highest BCUT2D eigenvalue weighted by Gasteiger charge is 2.21. The van der Waals surface area contributed by atoms with Crippen molar-refractivity contribution in [3.8, 4) is 0 Å². The predicted molar refractivity (Wildman–Crippen MR) is 70.1 cm³/mol. The highest BCUT2D eigenvalue weighted by atomic mass is 15.1. The van der Waals surface area contributed by atoms with Crippen molar-refractivity contribution in [1.82, 2.24) is 4.90 Å². The zero-order valence-electron chi connectivity index (χ0n) is 10.5. The molecule has 1 aromatic carbocycles. The number of quaternary nitrogens is 1. The van der Waals surface area contributed by atoms with Crippen LogP contribution in [0.2, 0.25) is 0 Å². The normalized spacial score (nSPS) is 24.9. The highest BCUT2D eigenvalue weighted by molar-refractivity contribution is 5.47. The molecule has 1 unspecified atom stereocenters. The first kappa shape index (κ1) is 11.2. The zero-order chi connectivity index (χ0) is 11.7. The summed E-state index contributed by atoms with van der Waals surface area (Å²) in [5.41, 5.74) is 4.55. The van der Waals surface area contributed by atoms with Gasteiger partial charge in [-0.15, -0.1) is 7.05 Å². The van der Waals surface area contributed by atoms with Crippen LogP contribution in [-0.4, -0.2) is 24.5 Å². The maximum absolute atomic E-state index is 4.17. The molecule has 1 fully saturated rings. The van der Waals surface area contributed by atoms with Crippen LogP contribution in [0.1, 0.15) is 30.4 Å². The Morgan fingerprint density at radius 1 is 1.18 bits per heavy atom. The van der Waals surface area contributed by atoms with Crippen molar-refractivity contribution in [1.29, 1.82) is 0 Å². The van der Waals surface area contributed by atoms with Crippen molar-refractivity contribution < 1.29 is 4.90 Å². The molecule has 2 nitrogen and oxygen atoms in total. The molecule has 92 valence electrons. The van der Waals surface area contributed by atoms with Crippen LogP contribution in [0.4, 0.5) is 5.69 Å². The quantitative estimate of drug-likeness (QED) is 0.757. The lowest BCUT2D eigenvalue weighted by atomic mass is 10.0. The molecule has 0 radical (unpaired) electrons. The summed E-state index contributed by atoms with van der Waals surface area (Å²) >= 11 is 0. The van der Waals surface area contributed by atoms with E-state index in [1.165, 1.54) is 49.4 Å². The fourth-order valence-corrected chi connectivity index (χ4v) is 3.18. The number of fused-ring (bicyclic) bond motifs is 1. The fraction of sp³-hybridized carbons (Fsp3) is 0.533. The molecule has 0 bridgehead atoms. The number of hydrogen-bond acceptors (Lipinski definition) is 1. The monoisotopic (exact) mass is 230 g/mol. The van der Waals surface area contributed by atoms with Gasteiger partial charge in [0.25, 0.3) is 0 Å². The third-order valence-corrected chi connectivity index (χ3v) is 4.17. The second-order valence-electron chi connectivity index (χ2n) is 5.38. The van der Waals surface area contributed by atoms with Gasteiger partial charge in [0.1, 0.15) is 5.69 Å². The molecule has 1 saturated heterocycles. The maximum Gasteiger partial charge on any atom is 0.108 e. The van der Waals surface area contributed by atoms with Crippen LogP contribution in [0.25, 0.3) is 0 Å². The summed E-state index contributed by atoms with van der Waals surface area (Å²) in [6, 6.07) is 6.75. The van der Waals surface area contributed by atoms with Gasteiger partial charge in [0, 0.05) is 18.5 Å². The SMILES string of the molecule is [CH2-][NH+]1CCc2c(CN3CCCCC3)cccc21. The largest absolute Gasteiger partial charge is 0.434 e. The average molecular weight is 230 g/mol. The summed E-state index contributed by atoms with van der Waals surface area (Å²) in [6.45, 7) is 4.87. The molecule has 1 N–H and O–H groups in total. The van der Waals surface area contributed by atoms with Crippen LogP contribution in [0.15, 0.2) is 18.2 Å². The lowest BCUT2D eigenvalue weighted by Crippen LogP contribution is -3.00.